The summed E-state index contributed by atoms with van der Waals surface area (Å²) in [5, 5.41) is 8.60. The van der Waals surface area contributed by atoms with Crippen LogP contribution in [0, 0.1) is 13.8 Å². The van der Waals surface area contributed by atoms with Gasteiger partial charge in [-0.3, -0.25) is 14.5 Å². The van der Waals surface area contributed by atoms with Crippen molar-refractivity contribution >= 4 is 11.8 Å². The molecule has 2 rings (SSSR count). The second-order valence-corrected chi connectivity index (χ2v) is 4.55. The first-order valence-electron chi connectivity index (χ1n) is 6.23. The Bertz CT molecular complexity index is 483. The molecule has 1 heterocycles. The number of aryl methyl sites for hydroxylation is 2. The third-order valence-electron chi connectivity index (χ3n) is 3.23. The minimum Gasteiger partial charge on any atom is -0.394 e. The molecule has 0 saturated heterocycles. The van der Waals surface area contributed by atoms with Crippen molar-refractivity contribution in [2.24, 2.45) is 0 Å². The van der Waals surface area contributed by atoms with Gasteiger partial charge in [-0.2, -0.15) is 0 Å². The molecule has 0 radical (unpaired) electrons. The van der Waals surface area contributed by atoms with Crippen LogP contribution in [0.5, 0.6) is 0 Å². The van der Waals surface area contributed by atoms with Crippen molar-refractivity contribution in [3.05, 3.63) is 34.4 Å². The minimum atomic E-state index is -0.256. The molecule has 0 aliphatic carbocycles. The lowest BCUT2D eigenvalue weighted by atomic mass is 9.99. The molecule has 0 unspecified atom stereocenters. The average molecular weight is 263 g/mol. The molecular weight excluding hydrogens is 246 g/mol. The number of imide groups is 1. The molecule has 0 aromatic heterocycles. The number of carbonyl (C=O) groups excluding carboxylic acids is 2. The number of hydrogen-bond donors (Lipinski definition) is 1. The molecule has 1 aliphatic rings. The Balaban J connectivity index is 2.20. The Kier molecular flexibility index (Phi) is 3.97. The molecule has 1 aliphatic heterocycles. The lowest BCUT2D eigenvalue weighted by Crippen LogP contribution is -2.33. The highest BCUT2D eigenvalue weighted by molar-refractivity contribution is 6.22. The number of amides is 2. The number of hydrogen-bond acceptors (Lipinski definition) is 4. The van der Waals surface area contributed by atoms with Gasteiger partial charge in [-0.25, -0.2) is 0 Å². The zero-order valence-corrected chi connectivity index (χ0v) is 11.1. The van der Waals surface area contributed by atoms with E-state index in [0.717, 1.165) is 11.1 Å². The molecule has 102 valence electrons. The highest BCUT2D eigenvalue weighted by Crippen LogP contribution is 2.28. The Hall–Kier alpha value is -1.72. The molecule has 1 N–H and O–H groups in total. The van der Waals surface area contributed by atoms with Gasteiger partial charge in [0.15, 0.2) is 0 Å². The number of fused-ring (bicyclic) bond motifs is 1. The van der Waals surface area contributed by atoms with Crippen LogP contribution in [0.2, 0.25) is 0 Å². The fraction of sp³-hybridized carbons (Fsp3) is 0.429. The van der Waals surface area contributed by atoms with Crippen LogP contribution in [0.3, 0.4) is 0 Å². The molecular formula is C14H17NO4. The van der Waals surface area contributed by atoms with E-state index in [0.29, 0.717) is 11.1 Å². The molecule has 5 heteroatoms. The summed E-state index contributed by atoms with van der Waals surface area (Å²) in [6.45, 7) is 4.25. The topological polar surface area (TPSA) is 66.8 Å². The third-order valence-corrected chi connectivity index (χ3v) is 3.23. The van der Waals surface area contributed by atoms with Crippen molar-refractivity contribution in [2.45, 2.75) is 13.8 Å². The van der Waals surface area contributed by atoms with Gasteiger partial charge >= 0.3 is 0 Å². The predicted molar refractivity (Wildman–Crippen MR) is 69.2 cm³/mol. The molecule has 1 aromatic carbocycles. The van der Waals surface area contributed by atoms with E-state index in [1.807, 2.05) is 26.0 Å². The number of nitrogens with zero attached hydrogens (tertiary/aromatic N) is 1. The van der Waals surface area contributed by atoms with Gasteiger partial charge in [-0.05, 0) is 25.0 Å². The molecule has 0 fully saturated rings. The summed E-state index contributed by atoms with van der Waals surface area (Å²) < 4.78 is 5.10. The van der Waals surface area contributed by atoms with Crippen molar-refractivity contribution in [3.63, 3.8) is 0 Å². The van der Waals surface area contributed by atoms with E-state index in [4.69, 9.17) is 9.84 Å². The summed E-state index contributed by atoms with van der Waals surface area (Å²) in [4.78, 5) is 25.7. The summed E-state index contributed by atoms with van der Waals surface area (Å²) in [5.41, 5.74) is 2.65. The Morgan fingerprint density at radius 2 is 1.58 bits per heavy atom. The number of carbonyl (C=O) groups is 2. The molecule has 0 bridgehead atoms. The predicted octanol–water partition coefficient (Wildman–Crippen LogP) is 0.908. The van der Waals surface area contributed by atoms with E-state index in [1.54, 1.807) is 0 Å². The van der Waals surface area contributed by atoms with Gasteiger partial charge in [0.2, 0.25) is 0 Å². The lowest BCUT2D eigenvalue weighted by Gasteiger charge is -2.13. The molecule has 1 aromatic rings. The van der Waals surface area contributed by atoms with E-state index < -0.39 is 0 Å². The van der Waals surface area contributed by atoms with Crippen LogP contribution in [0.1, 0.15) is 31.8 Å². The van der Waals surface area contributed by atoms with E-state index in [1.165, 1.54) is 4.90 Å². The van der Waals surface area contributed by atoms with E-state index in [9.17, 15) is 9.59 Å². The van der Waals surface area contributed by atoms with Crippen LogP contribution in [0.25, 0.3) is 0 Å². The maximum absolute atomic E-state index is 12.2. The van der Waals surface area contributed by atoms with Crippen LogP contribution < -0.4 is 0 Å². The summed E-state index contributed by atoms with van der Waals surface area (Å²) in [5.74, 6) is -0.511. The maximum Gasteiger partial charge on any atom is 0.261 e. The molecule has 0 atom stereocenters. The van der Waals surface area contributed by atoms with E-state index in [-0.39, 0.29) is 38.2 Å². The molecule has 2 amide bonds. The molecule has 0 spiro atoms. The van der Waals surface area contributed by atoms with Crippen molar-refractivity contribution in [2.75, 3.05) is 26.4 Å². The smallest absolute Gasteiger partial charge is 0.261 e. The van der Waals surface area contributed by atoms with Gasteiger partial charge in [-0.15, -0.1) is 0 Å². The van der Waals surface area contributed by atoms with Gasteiger partial charge in [-0.1, -0.05) is 12.1 Å². The number of aliphatic hydroxyl groups excluding tert-OH is 1. The normalized spacial score (nSPS) is 14.2. The highest BCUT2D eigenvalue weighted by atomic mass is 16.5. The van der Waals surface area contributed by atoms with E-state index in [2.05, 4.69) is 0 Å². The summed E-state index contributed by atoms with van der Waals surface area (Å²) in [7, 11) is 0. The van der Waals surface area contributed by atoms with Crippen LogP contribution in [-0.4, -0.2) is 48.2 Å². The zero-order chi connectivity index (χ0) is 14.0. The van der Waals surface area contributed by atoms with Crippen LogP contribution >= 0.6 is 0 Å². The summed E-state index contributed by atoms with van der Waals surface area (Å²) in [6, 6.07) is 3.70. The monoisotopic (exact) mass is 263 g/mol. The quantitative estimate of drug-likeness (QED) is 0.633. The van der Waals surface area contributed by atoms with Gasteiger partial charge in [0.25, 0.3) is 11.8 Å². The first-order valence-corrected chi connectivity index (χ1v) is 6.23. The molecule has 0 saturated carbocycles. The third kappa shape index (κ3) is 2.39. The van der Waals surface area contributed by atoms with Gasteiger partial charge in [0.05, 0.1) is 37.5 Å². The fourth-order valence-electron chi connectivity index (χ4n) is 2.25. The number of ether oxygens (including phenoxy) is 1. The maximum atomic E-state index is 12.2. The second kappa shape index (κ2) is 5.50. The van der Waals surface area contributed by atoms with Crippen molar-refractivity contribution in [1.29, 1.82) is 0 Å². The first kappa shape index (κ1) is 13.7. The van der Waals surface area contributed by atoms with Crippen LogP contribution in [0.4, 0.5) is 0 Å². The largest absolute Gasteiger partial charge is 0.394 e. The second-order valence-electron chi connectivity index (χ2n) is 4.55. The SMILES string of the molecule is Cc1ccc(C)c2c1C(=O)N(CCOCCO)C2=O. The number of aliphatic hydroxyl groups is 1. The summed E-state index contributed by atoms with van der Waals surface area (Å²) >= 11 is 0. The zero-order valence-electron chi connectivity index (χ0n) is 11.1. The Morgan fingerprint density at radius 3 is 2.05 bits per heavy atom. The lowest BCUT2D eigenvalue weighted by molar-refractivity contribution is 0.0514. The van der Waals surface area contributed by atoms with E-state index >= 15 is 0 Å². The number of benzene rings is 1. The van der Waals surface area contributed by atoms with Crippen molar-refractivity contribution in [3.8, 4) is 0 Å². The van der Waals surface area contributed by atoms with Crippen molar-refractivity contribution < 1.29 is 19.4 Å². The Morgan fingerprint density at radius 1 is 1.05 bits per heavy atom. The Labute approximate surface area is 111 Å². The van der Waals surface area contributed by atoms with Crippen molar-refractivity contribution in [1.82, 2.24) is 4.90 Å². The van der Waals surface area contributed by atoms with Crippen LogP contribution in [-0.2, 0) is 4.74 Å². The highest BCUT2D eigenvalue weighted by Gasteiger charge is 2.37. The number of rotatable bonds is 5. The summed E-state index contributed by atoms with van der Waals surface area (Å²) in [6.07, 6.45) is 0. The standard InChI is InChI=1S/C14H17NO4/c1-9-3-4-10(2)12-11(9)13(17)15(14(12)18)5-7-19-8-6-16/h3-4,16H,5-8H2,1-2H3. The molecule has 19 heavy (non-hydrogen) atoms. The van der Waals surface area contributed by atoms with Crippen LogP contribution in [0.15, 0.2) is 12.1 Å². The minimum absolute atomic E-state index is 0.0691. The fourth-order valence-corrected chi connectivity index (χ4v) is 2.25. The first-order chi connectivity index (χ1) is 9.07. The van der Waals surface area contributed by atoms with Gasteiger partial charge in [0.1, 0.15) is 0 Å². The average Bonchev–Trinajstić information content (AvgIpc) is 2.64. The van der Waals surface area contributed by atoms with Gasteiger partial charge < -0.3 is 9.84 Å². The molecule has 5 nitrogen and oxygen atoms in total. The van der Waals surface area contributed by atoms with Gasteiger partial charge in [0, 0.05) is 0 Å².